The van der Waals surface area contributed by atoms with Crippen LogP contribution in [0.2, 0.25) is 0 Å². The van der Waals surface area contributed by atoms with E-state index in [1.165, 1.54) is 6.07 Å². The number of nitrogens with zero attached hydrogens (tertiary/aromatic N) is 1. The molecule has 5 nitrogen and oxygen atoms in total. The first-order valence-electron chi connectivity index (χ1n) is 5.35. The Bertz CT molecular complexity index is 597. The Morgan fingerprint density at radius 1 is 1.22 bits per heavy atom. The number of nitro benzene ring substituents is 1. The van der Waals surface area contributed by atoms with Crippen LogP contribution in [0, 0.1) is 17.0 Å². The van der Waals surface area contributed by atoms with Gasteiger partial charge in [0.2, 0.25) is 0 Å². The second kappa shape index (κ2) is 4.75. The fourth-order valence-electron chi connectivity index (χ4n) is 1.55. The number of rotatable bonds is 3. The Labute approximate surface area is 104 Å². The van der Waals surface area contributed by atoms with Crippen LogP contribution in [0.3, 0.4) is 0 Å². The fourth-order valence-corrected chi connectivity index (χ4v) is 1.55. The van der Waals surface area contributed by atoms with Gasteiger partial charge in [-0.1, -0.05) is 12.1 Å². The zero-order chi connectivity index (χ0) is 13.1. The number of nitrogen functional groups attached to an aromatic ring is 1. The van der Waals surface area contributed by atoms with Crippen molar-refractivity contribution < 1.29 is 9.66 Å². The maximum atomic E-state index is 10.8. The zero-order valence-electron chi connectivity index (χ0n) is 9.79. The molecule has 0 atom stereocenters. The number of benzene rings is 2. The van der Waals surface area contributed by atoms with Crippen molar-refractivity contribution in [2.24, 2.45) is 0 Å². The molecule has 18 heavy (non-hydrogen) atoms. The van der Waals surface area contributed by atoms with Gasteiger partial charge in [0.15, 0.2) is 0 Å². The Balaban J connectivity index is 2.33. The lowest BCUT2D eigenvalue weighted by Gasteiger charge is -2.08. The second-order valence-corrected chi connectivity index (χ2v) is 3.85. The molecule has 0 bridgehead atoms. The lowest BCUT2D eigenvalue weighted by Crippen LogP contribution is -1.94. The van der Waals surface area contributed by atoms with E-state index in [1.54, 1.807) is 43.3 Å². The Kier molecular flexibility index (Phi) is 3.14. The van der Waals surface area contributed by atoms with E-state index in [0.29, 0.717) is 22.7 Å². The number of nitrogens with two attached hydrogens (primary N) is 1. The molecule has 0 fully saturated rings. The van der Waals surface area contributed by atoms with Gasteiger partial charge in [-0.15, -0.1) is 0 Å². The monoisotopic (exact) mass is 244 g/mol. The van der Waals surface area contributed by atoms with Gasteiger partial charge in [0.1, 0.15) is 11.5 Å². The average Bonchev–Trinajstić information content (AvgIpc) is 2.34. The van der Waals surface area contributed by atoms with E-state index in [2.05, 4.69) is 0 Å². The molecule has 0 saturated carbocycles. The standard InChI is InChI=1S/C13H12N2O3/c1-9-6-7-10(8-12(9)15(16)17)18-13-5-3-2-4-11(13)14/h2-8H,14H2,1H3. The molecule has 0 aromatic heterocycles. The maximum Gasteiger partial charge on any atom is 0.276 e. The van der Waals surface area contributed by atoms with E-state index in [-0.39, 0.29) is 5.69 Å². The Morgan fingerprint density at radius 2 is 1.94 bits per heavy atom. The van der Waals surface area contributed by atoms with Crippen LogP contribution in [0.4, 0.5) is 11.4 Å². The third-order valence-electron chi connectivity index (χ3n) is 2.52. The molecule has 0 aliphatic heterocycles. The molecule has 0 saturated heterocycles. The molecule has 2 rings (SSSR count). The van der Waals surface area contributed by atoms with Crippen molar-refractivity contribution in [3.05, 3.63) is 58.1 Å². The molecule has 0 spiro atoms. The third-order valence-corrected chi connectivity index (χ3v) is 2.52. The summed E-state index contributed by atoms with van der Waals surface area (Å²) in [7, 11) is 0. The van der Waals surface area contributed by atoms with Crippen molar-refractivity contribution in [1.29, 1.82) is 0 Å². The fraction of sp³-hybridized carbons (Fsp3) is 0.0769. The van der Waals surface area contributed by atoms with Crippen LogP contribution in [0.1, 0.15) is 5.56 Å². The second-order valence-electron chi connectivity index (χ2n) is 3.85. The normalized spacial score (nSPS) is 10.1. The largest absolute Gasteiger partial charge is 0.455 e. The average molecular weight is 244 g/mol. The van der Waals surface area contributed by atoms with Crippen molar-refractivity contribution in [1.82, 2.24) is 0 Å². The topological polar surface area (TPSA) is 78.4 Å². The van der Waals surface area contributed by atoms with E-state index in [1.807, 2.05) is 0 Å². The molecule has 5 heteroatoms. The number of para-hydroxylation sites is 2. The van der Waals surface area contributed by atoms with Gasteiger partial charge in [-0.3, -0.25) is 10.1 Å². The smallest absolute Gasteiger partial charge is 0.276 e. The van der Waals surface area contributed by atoms with Gasteiger partial charge in [-0.2, -0.15) is 0 Å². The van der Waals surface area contributed by atoms with Crippen molar-refractivity contribution in [2.75, 3.05) is 5.73 Å². The van der Waals surface area contributed by atoms with Crippen LogP contribution >= 0.6 is 0 Å². The number of aryl methyl sites for hydroxylation is 1. The van der Waals surface area contributed by atoms with Crippen LogP contribution in [-0.4, -0.2) is 4.92 Å². The Morgan fingerprint density at radius 3 is 2.61 bits per heavy atom. The highest BCUT2D eigenvalue weighted by atomic mass is 16.6. The maximum absolute atomic E-state index is 10.8. The van der Waals surface area contributed by atoms with Crippen LogP contribution in [-0.2, 0) is 0 Å². The third kappa shape index (κ3) is 2.40. The number of hydrogen-bond donors (Lipinski definition) is 1. The molecule has 0 radical (unpaired) electrons. The van der Waals surface area contributed by atoms with Crippen LogP contribution in [0.15, 0.2) is 42.5 Å². The first-order chi connectivity index (χ1) is 8.58. The molecule has 0 aliphatic carbocycles. The van der Waals surface area contributed by atoms with Gasteiger partial charge in [-0.05, 0) is 31.2 Å². The molecular weight excluding hydrogens is 232 g/mol. The first-order valence-corrected chi connectivity index (χ1v) is 5.35. The van der Waals surface area contributed by atoms with Crippen molar-refractivity contribution in [2.45, 2.75) is 6.92 Å². The summed E-state index contributed by atoms with van der Waals surface area (Å²) in [4.78, 5) is 10.4. The summed E-state index contributed by atoms with van der Waals surface area (Å²) in [6, 6.07) is 11.7. The lowest BCUT2D eigenvalue weighted by molar-refractivity contribution is -0.385. The minimum Gasteiger partial charge on any atom is -0.455 e. The molecule has 2 N–H and O–H groups in total. The predicted octanol–water partition coefficient (Wildman–Crippen LogP) is 3.28. The van der Waals surface area contributed by atoms with Gasteiger partial charge >= 0.3 is 0 Å². The van der Waals surface area contributed by atoms with Crippen LogP contribution < -0.4 is 10.5 Å². The van der Waals surface area contributed by atoms with Gasteiger partial charge in [0, 0.05) is 5.56 Å². The summed E-state index contributed by atoms with van der Waals surface area (Å²) in [5.74, 6) is 0.876. The number of hydrogen-bond acceptors (Lipinski definition) is 4. The van der Waals surface area contributed by atoms with Gasteiger partial charge in [0.25, 0.3) is 5.69 Å². The van der Waals surface area contributed by atoms with Crippen LogP contribution in [0.25, 0.3) is 0 Å². The highest BCUT2D eigenvalue weighted by molar-refractivity contribution is 5.54. The van der Waals surface area contributed by atoms with Gasteiger partial charge in [-0.25, -0.2) is 0 Å². The number of ether oxygens (including phenoxy) is 1. The van der Waals surface area contributed by atoms with E-state index in [4.69, 9.17) is 10.5 Å². The van der Waals surface area contributed by atoms with E-state index < -0.39 is 4.92 Å². The van der Waals surface area contributed by atoms with Gasteiger partial charge in [0.05, 0.1) is 16.7 Å². The summed E-state index contributed by atoms with van der Waals surface area (Å²) < 4.78 is 5.53. The molecular formula is C13H12N2O3. The molecule has 2 aromatic rings. The molecule has 2 aromatic carbocycles. The van der Waals surface area contributed by atoms with Crippen molar-refractivity contribution in [3.8, 4) is 11.5 Å². The van der Waals surface area contributed by atoms with Crippen molar-refractivity contribution >= 4 is 11.4 Å². The molecule has 0 heterocycles. The first kappa shape index (κ1) is 11.9. The van der Waals surface area contributed by atoms with E-state index in [0.717, 1.165) is 0 Å². The predicted molar refractivity (Wildman–Crippen MR) is 68.8 cm³/mol. The minimum atomic E-state index is -0.434. The van der Waals surface area contributed by atoms with E-state index >= 15 is 0 Å². The Hall–Kier alpha value is -2.56. The summed E-state index contributed by atoms with van der Waals surface area (Å²) >= 11 is 0. The minimum absolute atomic E-state index is 0.0296. The van der Waals surface area contributed by atoms with E-state index in [9.17, 15) is 10.1 Å². The number of nitro groups is 1. The highest BCUT2D eigenvalue weighted by Crippen LogP contribution is 2.30. The van der Waals surface area contributed by atoms with Crippen LogP contribution in [0.5, 0.6) is 11.5 Å². The highest BCUT2D eigenvalue weighted by Gasteiger charge is 2.12. The summed E-state index contributed by atoms with van der Waals surface area (Å²) in [5, 5.41) is 10.8. The molecule has 92 valence electrons. The summed E-state index contributed by atoms with van der Waals surface area (Å²) in [6.07, 6.45) is 0. The molecule has 0 unspecified atom stereocenters. The SMILES string of the molecule is Cc1ccc(Oc2ccccc2N)cc1[N+](=O)[O-]. The zero-order valence-corrected chi connectivity index (χ0v) is 9.79. The van der Waals surface area contributed by atoms with Crippen molar-refractivity contribution in [3.63, 3.8) is 0 Å². The summed E-state index contributed by atoms with van der Waals surface area (Å²) in [5.41, 5.74) is 6.84. The molecule has 0 amide bonds. The number of anilines is 1. The molecule has 0 aliphatic rings. The quantitative estimate of drug-likeness (QED) is 0.510. The lowest BCUT2D eigenvalue weighted by atomic mass is 10.2. The summed E-state index contributed by atoms with van der Waals surface area (Å²) in [6.45, 7) is 1.68. The van der Waals surface area contributed by atoms with Gasteiger partial charge < -0.3 is 10.5 Å².